The first-order chi connectivity index (χ1) is 16.6. The van der Waals surface area contributed by atoms with E-state index in [2.05, 4.69) is 6.58 Å². The standard InChI is InChI=1S/C27H36N2O6/c1-7-14-28(21-16(3)10-9-11-17(21)4)24(32)22-27-13-12-26(6,35-27)20(25(33)34-8-2)19(27)23(31)29(22)18(5)15-30/h7,9-11,18-20,22,30H,1,8,12-15H2,2-6H3/t18-,19+,20+,22?,26-,27?/m1/s1. The quantitative estimate of drug-likeness (QED) is 0.450. The second kappa shape index (κ2) is 9.06. The van der Waals surface area contributed by atoms with Crippen LogP contribution in [0.4, 0.5) is 5.69 Å². The largest absolute Gasteiger partial charge is 0.466 e. The van der Waals surface area contributed by atoms with E-state index in [1.807, 2.05) is 39.0 Å². The van der Waals surface area contributed by atoms with Crippen molar-refractivity contribution in [1.82, 2.24) is 4.90 Å². The van der Waals surface area contributed by atoms with Crippen LogP contribution in [0.1, 0.15) is 44.7 Å². The maximum Gasteiger partial charge on any atom is 0.312 e. The van der Waals surface area contributed by atoms with Crippen molar-refractivity contribution in [2.75, 3.05) is 24.7 Å². The van der Waals surface area contributed by atoms with E-state index in [1.165, 1.54) is 4.90 Å². The Hall–Kier alpha value is -2.71. The van der Waals surface area contributed by atoms with Crippen molar-refractivity contribution in [2.24, 2.45) is 11.8 Å². The van der Waals surface area contributed by atoms with Gasteiger partial charge in [-0.3, -0.25) is 14.4 Å². The first kappa shape index (κ1) is 25.4. The highest BCUT2D eigenvalue weighted by molar-refractivity contribution is 6.05. The van der Waals surface area contributed by atoms with Crippen LogP contribution in [0.5, 0.6) is 0 Å². The number of aliphatic hydroxyl groups excluding tert-OH is 1. The molecular weight excluding hydrogens is 448 g/mol. The van der Waals surface area contributed by atoms with Crippen LogP contribution >= 0.6 is 0 Å². The summed E-state index contributed by atoms with van der Waals surface area (Å²) in [5, 5.41) is 10.0. The Kier molecular flexibility index (Phi) is 6.57. The van der Waals surface area contributed by atoms with Gasteiger partial charge >= 0.3 is 5.97 Å². The number of benzene rings is 1. The zero-order valence-electron chi connectivity index (χ0n) is 21.2. The summed E-state index contributed by atoms with van der Waals surface area (Å²) in [6.45, 7) is 13.1. The summed E-state index contributed by atoms with van der Waals surface area (Å²) in [5.41, 5.74) is 0.560. The number of carbonyl (C=O) groups is 3. The molecule has 1 spiro atoms. The number of hydrogen-bond acceptors (Lipinski definition) is 6. The molecule has 8 nitrogen and oxygen atoms in total. The molecule has 0 radical (unpaired) electrons. The Labute approximate surface area is 206 Å². The molecule has 4 rings (SSSR count). The zero-order chi connectivity index (χ0) is 25.7. The van der Waals surface area contributed by atoms with E-state index in [1.54, 1.807) is 24.8 Å². The highest BCUT2D eigenvalue weighted by Crippen LogP contribution is 2.63. The van der Waals surface area contributed by atoms with Crippen LogP contribution in [0.2, 0.25) is 0 Å². The van der Waals surface area contributed by atoms with Crippen molar-refractivity contribution in [3.05, 3.63) is 42.0 Å². The molecule has 2 amide bonds. The number of aliphatic hydroxyl groups is 1. The molecule has 1 aromatic carbocycles. The highest BCUT2D eigenvalue weighted by atomic mass is 16.6. The second-order valence-corrected chi connectivity index (χ2v) is 10.2. The minimum absolute atomic E-state index is 0.193. The maximum absolute atomic E-state index is 14.5. The lowest BCUT2D eigenvalue weighted by molar-refractivity contribution is -0.160. The van der Waals surface area contributed by atoms with Gasteiger partial charge in [0.2, 0.25) is 5.91 Å². The fraction of sp³-hybridized carbons (Fsp3) is 0.593. The fourth-order valence-electron chi connectivity index (χ4n) is 6.59. The summed E-state index contributed by atoms with van der Waals surface area (Å²) in [6, 6.07) is 4.21. The molecule has 6 atom stereocenters. The number of hydrogen-bond donors (Lipinski definition) is 1. The van der Waals surface area contributed by atoms with Gasteiger partial charge in [0, 0.05) is 12.2 Å². The van der Waals surface area contributed by atoms with Crippen molar-refractivity contribution in [1.29, 1.82) is 0 Å². The minimum Gasteiger partial charge on any atom is -0.466 e. The summed E-state index contributed by atoms with van der Waals surface area (Å²) in [7, 11) is 0. The third kappa shape index (κ3) is 3.61. The van der Waals surface area contributed by atoms with Gasteiger partial charge < -0.3 is 24.4 Å². The van der Waals surface area contributed by atoms with Crippen molar-refractivity contribution in [3.8, 4) is 0 Å². The fourth-order valence-corrected chi connectivity index (χ4v) is 6.59. The number of amides is 2. The summed E-state index contributed by atoms with van der Waals surface area (Å²) in [5.74, 6) is -2.76. The molecule has 3 saturated heterocycles. The predicted octanol–water partition coefficient (Wildman–Crippen LogP) is 2.53. The first-order valence-electron chi connectivity index (χ1n) is 12.4. The Morgan fingerprint density at radius 1 is 1.34 bits per heavy atom. The number of anilines is 1. The van der Waals surface area contributed by atoms with Gasteiger partial charge in [-0.05, 0) is 58.6 Å². The van der Waals surface area contributed by atoms with Crippen molar-refractivity contribution in [2.45, 2.75) is 70.7 Å². The molecule has 3 fully saturated rings. The summed E-state index contributed by atoms with van der Waals surface area (Å²) >= 11 is 0. The van der Waals surface area contributed by atoms with Crippen LogP contribution in [0, 0.1) is 25.7 Å². The molecule has 3 aliphatic rings. The minimum atomic E-state index is -1.17. The SMILES string of the molecule is C=CCN(C(=O)C1N([C@H](C)CO)C(=O)[C@@H]2[C@@H](C(=O)OCC)[C@@]3(C)CCC12O3)c1c(C)cccc1C. The number of ether oxygens (including phenoxy) is 2. The number of fused-ring (bicyclic) bond motifs is 1. The Bertz CT molecular complexity index is 1040. The average Bonchev–Trinajstić information content (AvgIpc) is 3.38. The van der Waals surface area contributed by atoms with Gasteiger partial charge in [-0.2, -0.15) is 0 Å². The average molecular weight is 485 g/mol. The molecule has 2 bridgehead atoms. The smallest absolute Gasteiger partial charge is 0.312 e. The van der Waals surface area contributed by atoms with Gasteiger partial charge in [-0.1, -0.05) is 24.3 Å². The normalized spacial score (nSPS) is 31.9. The molecule has 190 valence electrons. The lowest BCUT2D eigenvalue weighted by Crippen LogP contribution is -2.58. The molecule has 3 aliphatic heterocycles. The molecule has 0 aromatic heterocycles. The van der Waals surface area contributed by atoms with Gasteiger partial charge in [0.05, 0.1) is 30.8 Å². The van der Waals surface area contributed by atoms with Gasteiger partial charge in [-0.25, -0.2) is 0 Å². The maximum atomic E-state index is 14.5. The number of likely N-dealkylation sites (tertiary alicyclic amines) is 1. The lowest BCUT2D eigenvalue weighted by atomic mass is 9.66. The monoisotopic (exact) mass is 484 g/mol. The predicted molar refractivity (Wildman–Crippen MR) is 131 cm³/mol. The van der Waals surface area contributed by atoms with Crippen molar-refractivity contribution < 1.29 is 29.0 Å². The first-order valence-corrected chi connectivity index (χ1v) is 12.4. The van der Waals surface area contributed by atoms with E-state index >= 15 is 0 Å². The number of carbonyl (C=O) groups excluding carboxylic acids is 3. The summed E-state index contributed by atoms with van der Waals surface area (Å²) in [4.78, 5) is 44.6. The highest BCUT2D eigenvalue weighted by Gasteiger charge is 2.79. The topological polar surface area (TPSA) is 96.4 Å². The molecule has 2 unspecified atom stereocenters. The van der Waals surface area contributed by atoms with Gasteiger partial charge in [0.25, 0.3) is 5.91 Å². The third-order valence-corrected chi connectivity index (χ3v) is 8.02. The molecular formula is C27H36N2O6. The lowest BCUT2D eigenvalue weighted by Gasteiger charge is -2.39. The number of aryl methyl sites for hydroxylation is 2. The van der Waals surface area contributed by atoms with Gasteiger partial charge in [-0.15, -0.1) is 6.58 Å². The molecule has 1 N–H and O–H groups in total. The second-order valence-electron chi connectivity index (χ2n) is 10.2. The molecule has 0 saturated carbocycles. The van der Waals surface area contributed by atoms with E-state index in [9.17, 15) is 19.5 Å². The number of para-hydroxylation sites is 1. The van der Waals surface area contributed by atoms with E-state index in [4.69, 9.17) is 9.47 Å². The van der Waals surface area contributed by atoms with E-state index in [0.717, 1.165) is 16.8 Å². The zero-order valence-corrected chi connectivity index (χ0v) is 21.2. The van der Waals surface area contributed by atoms with Crippen LogP contribution in [-0.4, -0.2) is 70.8 Å². The van der Waals surface area contributed by atoms with Crippen LogP contribution in [0.15, 0.2) is 30.9 Å². The molecule has 8 heteroatoms. The van der Waals surface area contributed by atoms with E-state index < -0.39 is 41.1 Å². The molecule has 35 heavy (non-hydrogen) atoms. The molecule has 1 aromatic rings. The van der Waals surface area contributed by atoms with Crippen molar-refractivity contribution in [3.63, 3.8) is 0 Å². The number of esters is 1. The van der Waals surface area contributed by atoms with Crippen molar-refractivity contribution >= 4 is 23.5 Å². The van der Waals surface area contributed by atoms with Crippen LogP contribution < -0.4 is 4.90 Å². The molecule has 0 aliphatic carbocycles. The van der Waals surface area contributed by atoms with Gasteiger partial charge in [0.1, 0.15) is 17.6 Å². The Morgan fingerprint density at radius 2 is 2.00 bits per heavy atom. The number of nitrogens with zero attached hydrogens (tertiary/aromatic N) is 2. The summed E-state index contributed by atoms with van der Waals surface area (Å²) in [6.07, 6.45) is 2.66. The third-order valence-electron chi connectivity index (χ3n) is 8.02. The summed E-state index contributed by atoms with van der Waals surface area (Å²) < 4.78 is 11.9. The van der Waals surface area contributed by atoms with Crippen LogP contribution in [-0.2, 0) is 23.9 Å². The van der Waals surface area contributed by atoms with E-state index in [-0.39, 0.29) is 31.6 Å². The Morgan fingerprint density at radius 3 is 2.57 bits per heavy atom. The Balaban J connectivity index is 1.86. The molecule has 3 heterocycles. The van der Waals surface area contributed by atoms with E-state index in [0.29, 0.717) is 12.8 Å². The number of rotatable bonds is 8. The van der Waals surface area contributed by atoms with Crippen LogP contribution in [0.25, 0.3) is 0 Å². The van der Waals surface area contributed by atoms with Crippen LogP contribution in [0.3, 0.4) is 0 Å². The van der Waals surface area contributed by atoms with Gasteiger partial charge in [0.15, 0.2) is 0 Å².